The summed E-state index contributed by atoms with van der Waals surface area (Å²) in [6, 6.07) is 3.25. The molecule has 1 aromatic carbocycles. The largest absolute Gasteiger partial charge is 0.416 e. The van der Waals surface area contributed by atoms with Gasteiger partial charge in [0.2, 0.25) is 0 Å². The van der Waals surface area contributed by atoms with Gasteiger partial charge in [0.05, 0.1) is 5.56 Å². The Morgan fingerprint density at radius 2 is 1.90 bits per heavy atom. The van der Waals surface area contributed by atoms with Crippen molar-refractivity contribution in [2.75, 3.05) is 6.54 Å². The molecule has 0 saturated heterocycles. The maximum atomic E-state index is 12.6. The monoisotopic (exact) mass is 301 g/mol. The van der Waals surface area contributed by atoms with Gasteiger partial charge in [0.15, 0.2) is 5.78 Å². The lowest BCUT2D eigenvalue weighted by Gasteiger charge is -2.17. The minimum atomic E-state index is -4.39. The smallest absolute Gasteiger partial charge is 0.330 e. The maximum absolute atomic E-state index is 12.6. The Labute approximate surface area is 123 Å². The van der Waals surface area contributed by atoms with Crippen LogP contribution in [-0.4, -0.2) is 12.3 Å². The third kappa shape index (κ3) is 5.16. The minimum absolute atomic E-state index is 0.0687. The van der Waals surface area contributed by atoms with Crippen LogP contribution in [0, 0.1) is 18.8 Å². The lowest BCUT2D eigenvalue weighted by Crippen LogP contribution is -2.20. The van der Waals surface area contributed by atoms with Gasteiger partial charge in [0.25, 0.3) is 0 Å². The third-order valence-corrected chi connectivity index (χ3v) is 3.47. The van der Waals surface area contributed by atoms with Gasteiger partial charge >= 0.3 is 6.18 Å². The minimum Gasteiger partial charge on any atom is -0.330 e. The van der Waals surface area contributed by atoms with E-state index in [1.807, 2.05) is 0 Å². The highest BCUT2D eigenvalue weighted by Gasteiger charge is 2.31. The zero-order chi connectivity index (χ0) is 16.2. The SMILES string of the molecule is Cc1cc(C(F)(F)F)ccc1C(=O)CC(CN)CC(C)C. The van der Waals surface area contributed by atoms with E-state index < -0.39 is 11.7 Å². The van der Waals surface area contributed by atoms with Crippen LogP contribution < -0.4 is 5.73 Å². The van der Waals surface area contributed by atoms with Gasteiger partial charge in [-0.25, -0.2) is 0 Å². The van der Waals surface area contributed by atoms with Crippen LogP contribution >= 0.6 is 0 Å². The fraction of sp³-hybridized carbons (Fsp3) is 0.562. The molecular formula is C16H22F3NO. The summed E-state index contributed by atoms with van der Waals surface area (Å²) in [5.41, 5.74) is 5.65. The number of alkyl halides is 3. The molecule has 5 heteroatoms. The van der Waals surface area contributed by atoms with E-state index in [9.17, 15) is 18.0 Å². The zero-order valence-electron chi connectivity index (χ0n) is 12.6. The number of halogens is 3. The molecule has 0 aromatic heterocycles. The van der Waals surface area contributed by atoms with E-state index in [4.69, 9.17) is 5.73 Å². The second-order valence-electron chi connectivity index (χ2n) is 5.89. The Morgan fingerprint density at radius 1 is 1.29 bits per heavy atom. The van der Waals surface area contributed by atoms with Crippen LogP contribution in [0.1, 0.15) is 48.2 Å². The van der Waals surface area contributed by atoms with Crippen LogP contribution in [0.4, 0.5) is 13.2 Å². The molecule has 2 nitrogen and oxygen atoms in total. The number of ketones is 1. The number of hydrogen-bond donors (Lipinski definition) is 1. The van der Waals surface area contributed by atoms with Crippen LogP contribution in [0.2, 0.25) is 0 Å². The normalized spacial score (nSPS) is 13.5. The Hall–Kier alpha value is -1.36. The standard InChI is InChI=1S/C16H22F3NO/c1-10(2)6-12(9-20)8-15(21)14-5-4-13(7-11(14)3)16(17,18)19/h4-5,7,10,12H,6,8-9,20H2,1-3H3. The Kier molecular flexibility index (Phi) is 5.96. The Balaban J connectivity index is 2.88. The van der Waals surface area contributed by atoms with Crippen molar-refractivity contribution >= 4 is 5.78 Å². The summed E-state index contributed by atoms with van der Waals surface area (Å²) in [4.78, 5) is 12.2. The molecule has 0 aliphatic rings. The number of Topliss-reactive ketones (excluding diaryl/α,β-unsaturated/α-hetero) is 1. The lowest BCUT2D eigenvalue weighted by molar-refractivity contribution is -0.137. The molecule has 1 atom stereocenters. The first-order chi connectivity index (χ1) is 9.65. The van der Waals surface area contributed by atoms with Crippen molar-refractivity contribution < 1.29 is 18.0 Å². The van der Waals surface area contributed by atoms with Crippen LogP contribution in [0.15, 0.2) is 18.2 Å². The van der Waals surface area contributed by atoms with E-state index in [1.165, 1.54) is 13.0 Å². The van der Waals surface area contributed by atoms with Gasteiger partial charge < -0.3 is 5.73 Å². The summed E-state index contributed by atoms with van der Waals surface area (Å²) in [5.74, 6) is 0.358. The van der Waals surface area contributed by atoms with Crippen LogP contribution in [0.25, 0.3) is 0 Å². The first-order valence-corrected chi connectivity index (χ1v) is 7.06. The van der Waals surface area contributed by atoms with E-state index in [0.29, 0.717) is 23.6 Å². The van der Waals surface area contributed by atoms with Gasteiger partial charge in [-0.3, -0.25) is 4.79 Å². The van der Waals surface area contributed by atoms with E-state index in [1.54, 1.807) is 0 Å². The van der Waals surface area contributed by atoms with Gasteiger partial charge in [-0.2, -0.15) is 13.2 Å². The molecule has 0 aliphatic heterocycles. The van der Waals surface area contributed by atoms with Gasteiger partial charge in [0.1, 0.15) is 0 Å². The second-order valence-corrected chi connectivity index (χ2v) is 5.89. The summed E-state index contributed by atoms with van der Waals surface area (Å²) in [6.07, 6.45) is -3.27. The van der Waals surface area contributed by atoms with E-state index in [2.05, 4.69) is 13.8 Å². The van der Waals surface area contributed by atoms with Crippen molar-refractivity contribution in [1.82, 2.24) is 0 Å². The topological polar surface area (TPSA) is 43.1 Å². The predicted molar refractivity (Wildman–Crippen MR) is 77.1 cm³/mol. The highest BCUT2D eigenvalue weighted by atomic mass is 19.4. The molecule has 0 aliphatic carbocycles. The first-order valence-electron chi connectivity index (χ1n) is 7.06. The second kappa shape index (κ2) is 7.07. The number of rotatable bonds is 6. The fourth-order valence-electron chi connectivity index (χ4n) is 2.45. The highest BCUT2D eigenvalue weighted by Crippen LogP contribution is 2.31. The van der Waals surface area contributed by atoms with Crippen LogP contribution in [0.5, 0.6) is 0 Å². The van der Waals surface area contributed by atoms with Crippen molar-refractivity contribution in [1.29, 1.82) is 0 Å². The number of hydrogen-bond acceptors (Lipinski definition) is 2. The molecule has 1 unspecified atom stereocenters. The van der Waals surface area contributed by atoms with E-state index in [-0.39, 0.29) is 18.1 Å². The van der Waals surface area contributed by atoms with Crippen molar-refractivity contribution in [2.24, 2.45) is 17.6 Å². The Morgan fingerprint density at radius 3 is 2.33 bits per heavy atom. The number of benzene rings is 1. The van der Waals surface area contributed by atoms with E-state index >= 15 is 0 Å². The van der Waals surface area contributed by atoms with Crippen LogP contribution in [0.3, 0.4) is 0 Å². The molecule has 1 aromatic rings. The van der Waals surface area contributed by atoms with Crippen molar-refractivity contribution in [3.8, 4) is 0 Å². The summed E-state index contributed by atoms with van der Waals surface area (Å²) >= 11 is 0. The lowest BCUT2D eigenvalue weighted by atomic mass is 9.89. The average molecular weight is 301 g/mol. The quantitative estimate of drug-likeness (QED) is 0.800. The summed E-state index contributed by atoms with van der Waals surface area (Å²) in [7, 11) is 0. The van der Waals surface area contributed by atoms with Gasteiger partial charge in [-0.05, 0) is 49.4 Å². The molecule has 0 heterocycles. The first kappa shape index (κ1) is 17.7. The van der Waals surface area contributed by atoms with Crippen molar-refractivity contribution in [2.45, 2.75) is 39.8 Å². The average Bonchev–Trinajstić information content (AvgIpc) is 2.35. The fourth-order valence-corrected chi connectivity index (χ4v) is 2.45. The molecule has 0 spiro atoms. The molecule has 0 saturated carbocycles. The van der Waals surface area contributed by atoms with Gasteiger partial charge in [0, 0.05) is 12.0 Å². The highest BCUT2D eigenvalue weighted by molar-refractivity contribution is 5.97. The molecule has 118 valence electrons. The molecule has 0 bridgehead atoms. The molecule has 0 radical (unpaired) electrons. The van der Waals surface area contributed by atoms with Gasteiger partial charge in [-0.1, -0.05) is 19.9 Å². The number of carbonyl (C=O) groups is 1. The van der Waals surface area contributed by atoms with Gasteiger partial charge in [-0.15, -0.1) is 0 Å². The molecule has 1 rings (SSSR count). The van der Waals surface area contributed by atoms with Crippen molar-refractivity contribution in [3.05, 3.63) is 34.9 Å². The summed E-state index contributed by atoms with van der Waals surface area (Å²) in [6.45, 7) is 6.04. The zero-order valence-corrected chi connectivity index (χ0v) is 12.6. The summed E-state index contributed by atoms with van der Waals surface area (Å²) in [5, 5.41) is 0. The molecule has 0 amide bonds. The third-order valence-electron chi connectivity index (χ3n) is 3.47. The molecule has 0 fully saturated rings. The predicted octanol–water partition coefficient (Wildman–Crippen LogP) is 4.21. The number of aryl methyl sites for hydroxylation is 1. The summed E-state index contributed by atoms with van der Waals surface area (Å²) < 4.78 is 37.8. The van der Waals surface area contributed by atoms with Crippen LogP contribution in [-0.2, 0) is 6.18 Å². The van der Waals surface area contributed by atoms with E-state index in [0.717, 1.165) is 18.6 Å². The molecular weight excluding hydrogens is 279 g/mol. The Bertz CT molecular complexity index is 495. The van der Waals surface area contributed by atoms with Crippen molar-refractivity contribution in [3.63, 3.8) is 0 Å². The number of nitrogens with two attached hydrogens (primary N) is 1. The maximum Gasteiger partial charge on any atom is 0.416 e. The molecule has 2 N–H and O–H groups in total. The molecule has 21 heavy (non-hydrogen) atoms. The number of carbonyl (C=O) groups excluding carboxylic acids is 1.